The molecule has 0 radical (unpaired) electrons. The van der Waals surface area contributed by atoms with Gasteiger partial charge in [0.25, 0.3) is 0 Å². The fraction of sp³-hybridized carbons (Fsp3) is 0.524. The summed E-state index contributed by atoms with van der Waals surface area (Å²) in [6.07, 6.45) is 5.27. The first-order valence-electron chi connectivity index (χ1n) is 10.5. The highest BCUT2D eigenvalue weighted by Gasteiger charge is 2.40. The molecule has 1 N–H and O–H groups in total. The molecule has 0 atom stereocenters. The Labute approximate surface area is 195 Å². The van der Waals surface area contributed by atoms with Gasteiger partial charge in [0.05, 0.1) is 49.4 Å². The minimum atomic E-state index is -0.677. The Morgan fingerprint density at radius 2 is 2.09 bits per heavy atom. The summed E-state index contributed by atoms with van der Waals surface area (Å²) in [4.78, 5) is 14.2. The van der Waals surface area contributed by atoms with Crippen LogP contribution in [0.1, 0.15) is 28.9 Å². The van der Waals surface area contributed by atoms with Gasteiger partial charge in [0.1, 0.15) is 10.8 Å². The van der Waals surface area contributed by atoms with E-state index < -0.39 is 5.79 Å². The third-order valence-electron chi connectivity index (χ3n) is 5.76. The van der Waals surface area contributed by atoms with E-state index in [0.29, 0.717) is 37.9 Å². The summed E-state index contributed by atoms with van der Waals surface area (Å²) in [5.74, 6) is 1.41. The molecule has 5 rings (SSSR count). The smallest absolute Gasteiger partial charge is 0.235 e. The van der Waals surface area contributed by atoms with E-state index in [1.165, 1.54) is 11.9 Å². The largest absolute Gasteiger partial charge is 0.496 e. The van der Waals surface area contributed by atoms with Gasteiger partial charge < -0.3 is 14.2 Å². The Kier molecular flexibility index (Phi) is 5.91. The van der Waals surface area contributed by atoms with Gasteiger partial charge in [-0.15, -0.1) is 0 Å². The van der Waals surface area contributed by atoms with Gasteiger partial charge in [0.15, 0.2) is 11.4 Å². The van der Waals surface area contributed by atoms with Crippen LogP contribution in [0.2, 0.25) is 0 Å². The monoisotopic (exact) mass is 474 g/mol. The normalized spacial score (nSPS) is 17.5. The topological polar surface area (TPSA) is 96.2 Å². The molecule has 32 heavy (non-hydrogen) atoms. The van der Waals surface area contributed by atoms with E-state index in [4.69, 9.17) is 29.3 Å². The predicted octanol–water partition coefficient (Wildman–Crippen LogP) is 3.37. The second kappa shape index (κ2) is 8.69. The van der Waals surface area contributed by atoms with Crippen LogP contribution in [-0.2, 0) is 22.4 Å². The fourth-order valence-electron chi connectivity index (χ4n) is 4.25. The maximum atomic E-state index is 6.13. The molecule has 2 aliphatic rings. The zero-order valence-corrected chi connectivity index (χ0v) is 20.2. The lowest BCUT2D eigenvalue weighted by Gasteiger charge is -2.35. The second-order valence-corrected chi connectivity index (χ2v) is 9.51. The van der Waals surface area contributed by atoms with Crippen molar-refractivity contribution in [1.29, 1.82) is 0 Å². The Bertz CT molecular complexity index is 1160. The van der Waals surface area contributed by atoms with Crippen molar-refractivity contribution >= 4 is 40.7 Å². The number of aryl methyl sites for hydroxylation is 1. The summed E-state index contributed by atoms with van der Waals surface area (Å²) >= 11 is 3.10. The van der Waals surface area contributed by atoms with Crippen LogP contribution in [0.5, 0.6) is 5.75 Å². The average molecular weight is 475 g/mol. The Hall–Kier alpha value is -2.08. The van der Waals surface area contributed by atoms with Crippen LogP contribution in [0, 0.1) is 13.8 Å². The number of methoxy groups -OCH3 is 1. The lowest BCUT2D eigenvalue weighted by Crippen LogP contribution is -2.44. The molecule has 1 fully saturated rings. The molecule has 0 amide bonds. The molecule has 0 aliphatic carbocycles. The van der Waals surface area contributed by atoms with Crippen LogP contribution in [0.25, 0.3) is 11.0 Å². The molecule has 5 heterocycles. The number of hydrogen-bond acceptors (Lipinski definition) is 10. The minimum Gasteiger partial charge on any atom is -0.496 e. The number of hydrogen-bond donors (Lipinski definition) is 1. The average Bonchev–Trinajstić information content (AvgIpc) is 3.04. The molecule has 3 aromatic heterocycles. The van der Waals surface area contributed by atoms with Gasteiger partial charge in [0, 0.05) is 30.0 Å². The molecule has 170 valence electrons. The van der Waals surface area contributed by atoms with Crippen LogP contribution >= 0.6 is 23.7 Å². The van der Waals surface area contributed by atoms with Crippen molar-refractivity contribution in [1.82, 2.24) is 24.7 Å². The van der Waals surface area contributed by atoms with Crippen LogP contribution in [0.3, 0.4) is 0 Å². The number of nitrogens with one attached hydrogen (secondary N) is 1. The standard InChI is InChI=1S/C21H26N6O3S2/c1-12-9-22-15(13(2)17(12)28-3)10-27-18-16-14(25-27)8-21(29-6-5-7-30-21)11-32-19(16)24-20(23-18)26-31-4/h9H,5-8,10-11H2,1-4H3,(H,23,24,26). The maximum Gasteiger partial charge on any atom is 0.235 e. The summed E-state index contributed by atoms with van der Waals surface area (Å²) in [6.45, 7) is 5.89. The summed E-state index contributed by atoms with van der Waals surface area (Å²) in [6, 6.07) is 0. The highest BCUT2D eigenvalue weighted by molar-refractivity contribution is 8.00. The van der Waals surface area contributed by atoms with Crippen molar-refractivity contribution in [3.8, 4) is 5.75 Å². The number of anilines is 1. The number of aromatic nitrogens is 5. The predicted molar refractivity (Wildman–Crippen MR) is 126 cm³/mol. The van der Waals surface area contributed by atoms with Crippen molar-refractivity contribution in [2.24, 2.45) is 0 Å². The van der Waals surface area contributed by atoms with E-state index in [0.717, 1.165) is 50.7 Å². The third kappa shape index (κ3) is 3.81. The Morgan fingerprint density at radius 3 is 2.84 bits per heavy atom. The molecule has 3 aromatic rings. The maximum absolute atomic E-state index is 6.13. The summed E-state index contributed by atoms with van der Waals surface area (Å²) in [5.41, 5.74) is 4.59. The summed E-state index contributed by atoms with van der Waals surface area (Å²) in [7, 11) is 1.69. The molecule has 0 unspecified atom stereocenters. The quantitative estimate of drug-likeness (QED) is 0.438. The second-order valence-electron chi connectivity index (χ2n) is 7.93. The number of thioether (sulfide) groups is 1. The number of nitrogens with zero attached hydrogens (tertiary/aromatic N) is 5. The zero-order chi connectivity index (χ0) is 22.3. The van der Waals surface area contributed by atoms with Crippen LogP contribution in [0.15, 0.2) is 11.2 Å². The van der Waals surface area contributed by atoms with Gasteiger partial charge in [-0.05, 0) is 20.3 Å². The molecule has 0 aromatic carbocycles. The zero-order valence-electron chi connectivity index (χ0n) is 18.6. The Balaban J connectivity index is 1.62. The van der Waals surface area contributed by atoms with Crippen LogP contribution in [0.4, 0.5) is 5.95 Å². The van der Waals surface area contributed by atoms with Crippen molar-refractivity contribution < 1.29 is 14.2 Å². The molecule has 2 aliphatic heterocycles. The van der Waals surface area contributed by atoms with Crippen molar-refractivity contribution in [2.45, 2.75) is 44.0 Å². The molecule has 0 saturated carbocycles. The molecule has 9 nitrogen and oxygen atoms in total. The van der Waals surface area contributed by atoms with E-state index in [1.54, 1.807) is 18.9 Å². The highest BCUT2D eigenvalue weighted by atomic mass is 32.2. The van der Waals surface area contributed by atoms with E-state index in [-0.39, 0.29) is 0 Å². The van der Waals surface area contributed by atoms with Crippen molar-refractivity contribution in [2.75, 3.05) is 37.1 Å². The van der Waals surface area contributed by atoms with Crippen LogP contribution in [-0.4, -0.2) is 62.9 Å². The van der Waals surface area contributed by atoms with Gasteiger partial charge >= 0.3 is 0 Å². The van der Waals surface area contributed by atoms with Gasteiger partial charge in [-0.25, -0.2) is 9.67 Å². The number of rotatable bonds is 5. The van der Waals surface area contributed by atoms with E-state index in [2.05, 4.69) is 9.71 Å². The number of pyridine rings is 1. The number of ether oxygens (including phenoxy) is 3. The van der Waals surface area contributed by atoms with E-state index >= 15 is 0 Å². The van der Waals surface area contributed by atoms with Gasteiger partial charge in [-0.1, -0.05) is 23.7 Å². The molecule has 1 spiro atoms. The van der Waals surface area contributed by atoms with E-state index in [9.17, 15) is 0 Å². The molecular formula is C21H26N6O3S2. The van der Waals surface area contributed by atoms with E-state index in [1.807, 2.05) is 31.0 Å². The van der Waals surface area contributed by atoms with Gasteiger partial charge in [-0.2, -0.15) is 10.1 Å². The lowest BCUT2D eigenvalue weighted by molar-refractivity contribution is -0.251. The SMILES string of the molecule is COc1c(C)cnc(Cn2nc3c4c(nc(NSC)nc42)SCC2(C3)OCCCO2)c1C. The summed E-state index contributed by atoms with van der Waals surface area (Å²) in [5, 5.41) is 6.83. The molecule has 11 heteroatoms. The molecule has 1 saturated heterocycles. The van der Waals surface area contributed by atoms with Crippen LogP contribution < -0.4 is 9.46 Å². The highest BCUT2D eigenvalue weighted by Crippen LogP contribution is 2.40. The lowest BCUT2D eigenvalue weighted by atomic mass is 10.1. The first-order chi connectivity index (χ1) is 15.5. The third-order valence-corrected chi connectivity index (χ3v) is 7.30. The first-order valence-corrected chi connectivity index (χ1v) is 12.7. The molecular weight excluding hydrogens is 448 g/mol. The fourth-order valence-corrected chi connectivity index (χ4v) is 5.65. The minimum absolute atomic E-state index is 0.480. The molecule has 0 bridgehead atoms. The van der Waals surface area contributed by atoms with Crippen molar-refractivity contribution in [3.05, 3.63) is 28.7 Å². The first kappa shape index (κ1) is 21.7. The van der Waals surface area contributed by atoms with Gasteiger partial charge in [0.2, 0.25) is 5.95 Å². The summed E-state index contributed by atoms with van der Waals surface area (Å²) < 4.78 is 22.9. The Morgan fingerprint density at radius 1 is 1.28 bits per heavy atom. The van der Waals surface area contributed by atoms with Crippen molar-refractivity contribution in [3.63, 3.8) is 0 Å². The van der Waals surface area contributed by atoms with Gasteiger partial charge in [-0.3, -0.25) is 9.71 Å².